The molecule has 0 spiro atoms. The lowest BCUT2D eigenvalue weighted by molar-refractivity contribution is 0.0936. The van der Waals surface area contributed by atoms with Gasteiger partial charge in [-0.25, -0.2) is 4.98 Å². The van der Waals surface area contributed by atoms with Crippen LogP contribution in [-0.4, -0.2) is 48.5 Å². The molecule has 0 unspecified atom stereocenters. The Balaban J connectivity index is 1.76. The number of likely N-dealkylation sites (tertiary alicyclic amines) is 1. The molecule has 1 saturated heterocycles. The molecule has 5 heteroatoms. The number of rotatable bonds is 6. The molecule has 1 fully saturated rings. The third kappa shape index (κ3) is 4.70. The van der Waals surface area contributed by atoms with Crippen LogP contribution in [0.15, 0.2) is 18.3 Å². The summed E-state index contributed by atoms with van der Waals surface area (Å²) in [4.78, 5) is 18.8. The number of hydrogen-bond acceptors (Lipinski definition) is 4. The van der Waals surface area contributed by atoms with Gasteiger partial charge in [0, 0.05) is 19.3 Å². The first kappa shape index (κ1) is 15.8. The topological polar surface area (TPSA) is 57.3 Å². The summed E-state index contributed by atoms with van der Waals surface area (Å²) in [5.74, 6) is 1.38. The van der Waals surface area contributed by atoms with Crippen LogP contribution in [0.25, 0.3) is 0 Å². The number of amides is 1. The van der Waals surface area contributed by atoms with Crippen molar-refractivity contribution in [3.8, 4) is 0 Å². The summed E-state index contributed by atoms with van der Waals surface area (Å²) < 4.78 is 0. The van der Waals surface area contributed by atoms with Gasteiger partial charge in [-0.1, -0.05) is 6.92 Å². The highest BCUT2D eigenvalue weighted by Crippen LogP contribution is 2.16. The number of nitrogens with one attached hydrogen (secondary N) is 2. The molecule has 1 aromatic rings. The molecule has 1 amide bonds. The fourth-order valence-electron chi connectivity index (χ4n) is 2.66. The van der Waals surface area contributed by atoms with Crippen molar-refractivity contribution >= 4 is 11.7 Å². The van der Waals surface area contributed by atoms with E-state index in [0.717, 1.165) is 38.5 Å². The Labute approximate surface area is 127 Å². The lowest BCUT2D eigenvalue weighted by Gasteiger charge is -2.31. The maximum atomic E-state index is 12.1. The molecule has 0 saturated carbocycles. The number of anilines is 1. The van der Waals surface area contributed by atoms with Gasteiger partial charge in [0.25, 0.3) is 5.91 Å². The molecule has 5 nitrogen and oxygen atoms in total. The fraction of sp³-hybridized carbons (Fsp3) is 0.625. The van der Waals surface area contributed by atoms with E-state index in [1.165, 1.54) is 12.8 Å². The van der Waals surface area contributed by atoms with Crippen LogP contribution >= 0.6 is 0 Å². The second-order valence-corrected chi connectivity index (χ2v) is 5.55. The number of aromatic nitrogens is 1. The molecule has 1 aromatic heterocycles. The van der Waals surface area contributed by atoms with Gasteiger partial charge in [0.2, 0.25) is 0 Å². The van der Waals surface area contributed by atoms with Crippen LogP contribution in [0.4, 0.5) is 5.82 Å². The van der Waals surface area contributed by atoms with Gasteiger partial charge in [0.05, 0.1) is 5.56 Å². The Morgan fingerprint density at radius 1 is 1.33 bits per heavy atom. The van der Waals surface area contributed by atoms with Gasteiger partial charge >= 0.3 is 0 Å². The number of carbonyl (C=O) groups excluding carboxylic acids is 1. The molecule has 2 N–H and O–H groups in total. The number of nitrogens with zero attached hydrogens (tertiary/aromatic N) is 2. The zero-order valence-electron chi connectivity index (χ0n) is 13.1. The molecular weight excluding hydrogens is 264 g/mol. The first-order valence-electron chi connectivity index (χ1n) is 7.93. The molecule has 1 aliphatic heterocycles. The number of hydrogen-bond donors (Lipinski definition) is 2. The molecule has 116 valence electrons. The summed E-state index contributed by atoms with van der Waals surface area (Å²) >= 11 is 0. The lowest BCUT2D eigenvalue weighted by atomic mass is 9.97. The molecule has 2 rings (SSSR count). The van der Waals surface area contributed by atoms with E-state index in [1.807, 2.05) is 19.1 Å². The van der Waals surface area contributed by atoms with E-state index >= 15 is 0 Å². The molecule has 21 heavy (non-hydrogen) atoms. The van der Waals surface area contributed by atoms with Crippen LogP contribution in [0.1, 0.15) is 37.0 Å². The molecule has 2 heterocycles. The van der Waals surface area contributed by atoms with Gasteiger partial charge in [-0.05, 0) is 57.5 Å². The van der Waals surface area contributed by atoms with Crippen molar-refractivity contribution < 1.29 is 4.79 Å². The van der Waals surface area contributed by atoms with E-state index in [-0.39, 0.29) is 5.91 Å². The second-order valence-electron chi connectivity index (χ2n) is 5.55. The van der Waals surface area contributed by atoms with Gasteiger partial charge in [0.15, 0.2) is 0 Å². The first-order valence-corrected chi connectivity index (χ1v) is 7.93. The largest absolute Gasteiger partial charge is 0.370 e. The molecule has 0 aromatic carbocycles. The van der Waals surface area contributed by atoms with E-state index in [4.69, 9.17) is 0 Å². The van der Waals surface area contributed by atoms with Crippen molar-refractivity contribution in [3.05, 3.63) is 23.9 Å². The number of pyridine rings is 1. The van der Waals surface area contributed by atoms with E-state index in [2.05, 4.69) is 27.4 Å². The van der Waals surface area contributed by atoms with E-state index in [9.17, 15) is 4.79 Å². The number of carbonyl (C=O) groups is 1. The van der Waals surface area contributed by atoms with Gasteiger partial charge in [0.1, 0.15) is 5.82 Å². The predicted molar refractivity (Wildman–Crippen MR) is 85.6 cm³/mol. The summed E-state index contributed by atoms with van der Waals surface area (Å²) in [6.45, 7) is 9.24. The number of piperidine rings is 1. The van der Waals surface area contributed by atoms with Crippen molar-refractivity contribution in [3.63, 3.8) is 0 Å². The Bertz CT molecular complexity index is 438. The Morgan fingerprint density at radius 2 is 2.10 bits per heavy atom. The smallest absolute Gasteiger partial charge is 0.252 e. The van der Waals surface area contributed by atoms with Crippen molar-refractivity contribution in [1.29, 1.82) is 0 Å². The van der Waals surface area contributed by atoms with Crippen molar-refractivity contribution in [2.45, 2.75) is 26.7 Å². The monoisotopic (exact) mass is 290 g/mol. The molecule has 0 bridgehead atoms. The summed E-state index contributed by atoms with van der Waals surface area (Å²) in [6, 6.07) is 3.66. The van der Waals surface area contributed by atoms with Crippen molar-refractivity contribution in [2.75, 3.05) is 38.0 Å². The summed E-state index contributed by atoms with van der Waals surface area (Å²) in [7, 11) is 0. The van der Waals surface area contributed by atoms with Crippen LogP contribution in [0.3, 0.4) is 0 Å². The van der Waals surface area contributed by atoms with Gasteiger partial charge in [-0.15, -0.1) is 0 Å². The molecular formula is C16H26N4O. The predicted octanol–water partition coefficient (Wildman–Crippen LogP) is 1.98. The van der Waals surface area contributed by atoms with Crippen LogP contribution in [0.2, 0.25) is 0 Å². The Kier molecular flexibility index (Phi) is 5.99. The molecule has 0 aliphatic carbocycles. The highest BCUT2D eigenvalue weighted by Gasteiger charge is 2.18. The fourth-order valence-corrected chi connectivity index (χ4v) is 2.66. The van der Waals surface area contributed by atoms with Crippen LogP contribution < -0.4 is 10.6 Å². The van der Waals surface area contributed by atoms with Gasteiger partial charge in [-0.2, -0.15) is 0 Å². The van der Waals surface area contributed by atoms with Crippen LogP contribution in [0, 0.1) is 5.92 Å². The molecule has 0 atom stereocenters. The van der Waals surface area contributed by atoms with Crippen LogP contribution in [0.5, 0.6) is 0 Å². The standard InChI is InChI=1S/C16H26N4O/c1-3-17-15-6-5-14(12-18-15)16(21)19-11-13-7-9-20(4-2)10-8-13/h5-6,12-13H,3-4,7-11H2,1-2H3,(H,17,18)(H,19,21). The summed E-state index contributed by atoms with van der Waals surface area (Å²) in [5.41, 5.74) is 0.627. The quantitative estimate of drug-likeness (QED) is 0.841. The lowest BCUT2D eigenvalue weighted by Crippen LogP contribution is -2.38. The highest BCUT2D eigenvalue weighted by atomic mass is 16.1. The minimum absolute atomic E-state index is 0.0246. The van der Waals surface area contributed by atoms with E-state index < -0.39 is 0 Å². The minimum Gasteiger partial charge on any atom is -0.370 e. The Morgan fingerprint density at radius 3 is 2.67 bits per heavy atom. The first-order chi connectivity index (χ1) is 10.2. The normalized spacial score (nSPS) is 16.7. The summed E-state index contributed by atoms with van der Waals surface area (Å²) in [5, 5.41) is 6.15. The van der Waals surface area contributed by atoms with Gasteiger partial charge < -0.3 is 15.5 Å². The maximum Gasteiger partial charge on any atom is 0.252 e. The van der Waals surface area contributed by atoms with Gasteiger partial charge in [-0.3, -0.25) is 4.79 Å². The zero-order valence-corrected chi connectivity index (χ0v) is 13.1. The zero-order chi connectivity index (χ0) is 15.1. The second kappa shape index (κ2) is 7.98. The van der Waals surface area contributed by atoms with Crippen molar-refractivity contribution in [2.24, 2.45) is 5.92 Å². The maximum absolute atomic E-state index is 12.1. The van der Waals surface area contributed by atoms with Crippen molar-refractivity contribution in [1.82, 2.24) is 15.2 Å². The average Bonchev–Trinajstić information content (AvgIpc) is 2.54. The third-order valence-electron chi connectivity index (χ3n) is 4.09. The summed E-state index contributed by atoms with van der Waals surface area (Å²) in [6.07, 6.45) is 3.98. The third-order valence-corrected chi connectivity index (χ3v) is 4.09. The van der Waals surface area contributed by atoms with E-state index in [0.29, 0.717) is 11.5 Å². The Hall–Kier alpha value is -1.62. The van der Waals surface area contributed by atoms with E-state index in [1.54, 1.807) is 6.20 Å². The average molecular weight is 290 g/mol. The molecule has 0 radical (unpaired) electrons. The van der Waals surface area contributed by atoms with Crippen LogP contribution in [-0.2, 0) is 0 Å². The minimum atomic E-state index is -0.0246. The highest BCUT2D eigenvalue weighted by molar-refractivity contribution is 5.94. The SMILES string of the molecule is CCNc1ccc(C(=O)NCC2CCN(CC)CC2)cn1. The molecule has 1 aliphatic rings.